The topological polar surface area (TPSA) is 61.8 Å². The second kappa shape index (κ2) is 5.80. The van der Waals surface area contributed by atoms with Gasteiger partial charge < -0.3 is 9.47 Å². The highest BCUT2D eigenvalue weighted by atomic mass is 32.2. The first-order chi connectivity index (χ1) is 9.91. The lowest BCUT2D eigenvalue weighted by atomic mass is 9.67. The highest BCUT2D eigenvalue weighted by Crippen LogP contribution is 2.53. The van der Waals surface area contributed by atoms with Crippen LogP contribution in [0.15, 0.2) is 0 Å². The summed E-state index contributed by atoms with van der Waals surface area (Å²) in [6.07, 6.45) is 9.77. The fraction of sp³-hybridized carbons (Fsp3) is 1.00. The monoisotopic (exact) mass is 318 g/mol. The Bertz CT molecular complexity index is 452. The molecule has 6 heteroatoms. The summed E-state index contributed by atoms with van der Waals surface area (Å²) in [6, 6.07) is 0. The Morgan fingerprint density at radius 1 is 1.10 bits per heavy atom. The zero-order chi connectivity index (χ0) is 15.0. The van der Waals surface area contributed by atoms with Gasteiger partial charge in [-0.15, -0.1) is 0 Å². The van der Waals surface area contributed by atoms with Gasteiger partial charge in [0.15, 0.2) is 5.79 Å². The maximum absolute atomic E-state index is 11.2. The summed E-state index contributed by atoms with van der Waals surface area (Å²) in [5, 5.41) is 0. The fourth-order valence-corrected chi connectivity index (χ4v) is 4.23. The maximum Gasteiger partial charge on any atom is 0.264 e. The first-order valence-electron chi connectivity index (χ1n) is 8.03. The molecular weight excluding hydrogens is 292 g/mol. The molecule has 0 amide bonds. The molecular formula is C15H26O5S. The molecule has 21 heavy (non-hydrogen) atoms. The van der Waals surface area contributed by atoms with Crippen molar-refractivity contribution >= 4 is 10.1 Å². The molecule has 1 heterocycles. The summed E-state index contributed by atoms with van der Waals surface area (Å²) >= 11 is 0. The summed E-state index contributed by atoms with van der Waals surface area (Å²) in [7, 11) is -3.34. The minimum absolute atomic E-state index is 0.215. The van der Waals surface area contributed by atoms with Crippen LogP contribution >= 0.6 is 0 Å². The molecule has 1 aliphatic heterocycles. The van der Waals surface area contributed by atoms with Crippen molar-refractivity contribution in [2.24, 2.45) is 11.3 Å². The standard InChI is InChI=1S/C15H26O5S/c1-21(16,17)20-9-8-14(12-13-2-3-13)4-6-15(7-5-14)18-10-11-19-15/h13H,2-12H2,1H3. The molecule has 0 radical (unpaired) electrons. The van der Waals surface area contributed by atoms with Gasteiger partial charge in [0.05, 0.1) is 26.1 Å². The normalized spacial score (nSPS) is 28.0. The number of ether oxygens (including phenoxy) is 2. The molecule has 122 valence electrons. The van der Waals surface area contributed by atoms with E-state index in [0.29, 0.717) is 19.8 Å². The number of rotatable bonds is 6. The van der Waals surface area contributed by atoms with Gasteiger partial charge in [0, 0.05) is 12.8 Å². The van der Waals surface area contributed by atoms with Crippen LogP contribution in [-0.4, -0.2) is 40.3 Å². The zero-order valence-corrected chi connectivity index (χ0v) is 13.6. The van der Waals surface area contributed by atoms with Crippen LogP contribution in [0.3, 0.4) is 0 Å². The molecule has 3 rings (SSSR count). The molecule has 0 bridgehead atoms. The summed E-state index contributed by atoms with van der Waals surface area (Å²) in [5.74, 6) is 0.493. The van der Waals surface area contributed by atoms with E-state index in [2.05, 4.69) is 0 Å². The van der Waals surface area contributed by atoms with Gasteiger partial charge in [0.1, 0.15) is 0 Å². The van der Waals surface area contributed by atoms with Crippen molar-refractivity contribution in [2.75, 3.05) is 26.1 Å². The van der Waals surface area contributed by atoms with Crippen molar-refractivity contribution in [1.82, 2.24) is 0 Å². The molecule has 1 saturated heterocycles. The van der Waals surface area contributed by atoms with Gasteiger partial charge in [0.25, 0.3) is 10.1 Å². The van der Waals surface area contributed by atoms with Crippen LogP contribution in [-0.2, 0) is 23.8 Å². The van der Waals surface area contributed by atoms with Crippen molar-refractivity contribution in [3.8, 4) is 0 Å². The Morgan fingerprint density at radius 2 is 1.71 bits per heavy atom. The summed E-state index contributed by atoms with van der Waals surface area (Å²) in [4.78, 5) is 0. The molecule has 0 N–H and O–H groups in total. The van der Waals surface area contributed by atoms with E-state index in [-0.39, 0.29) is 11.2 Å². The largest absolute Gasteiger partial charge is 0.348 e. The van der Waals surface area contributed by atoms with E-state index in [9.17, 15) is 8.42 Å². The SMILES string of the molecule is CS(=O)(=O)OCCC1(CC2CC2)CCC2(CC1)OCCO2. The summed E-state index contributed by atoms with van der Waals surface area (Å²) in [5.41, 5.74) is 0.215. The van der Waals surface area contributed by atoms with E-state index >= 15 is 0 Å². The lowest BCUT2D eigenvalue weighted by Gasteiger charge is -2.44. The van der Waals surface area contributed by atoms with E-state index in [1.807, 2.05) is 0 Å². The molecule has 5 nitrogen and oxygen atoms in total. The predicted octanol–water partition coefficient (Wildman–Crippen LogP) is 2.46. The van der Waals surface area contributed by atoms with Crippen LogP contribution in [0.4, 0.5) is 0 Å². The van der Waals surface area contributed by atoms with Crippen LogP contribution in [0.2, 0.25) is 0 Å². The molecule has 0 atom stereocenters. The van der Waals surface area contributed by atoms with E-state index < -0.39 is 10.1 Å². The maximum atomic E-state index is 11.2. The fourth-order valence-electron chi connectivity index (χ4n) is 3.85. The van der Waals surface area contributed by atoms with Gasteiger partial charge in [-0.1, -0.05) is 12.8 Å². The van der Waals surface area contributed by atoms with Gasteiger partial charge in [0.2, 0.25) is 0 Å². The average molecular weight is 318 g/mol. The summed E-state index contributed by atoms with van der Waals surface area (Å²) in [6.45, 7) is 1.71. The van der Waals surface area contributed by atoms with E-state index in [0.717, 1.165) is 44.3 Å². The van der Waals surface area contributed by atoms with E-state index in [1.54, 1.807) is 0 Å². The third-order valence-electron chi connectivity index (χ3n) is 5.23. The smallest absolute Gasteiger partial charge is 0.264 e. The predicted molar refractivity (Wildman–Crippen MR) is 78.3 cm³/mol. The second-order valence-electron chi connectivity index (χ2n) is 7.03. The van der Waals surface area contributed by atoms with Gasteiger partial charge in [-0.25, -0.2) is 0 Å². The summed E-state index contributed by atoms with van der Waals surface area (Å²) < 4.78 is 38.9. The molecule has 3 fully saturated rings. The van der Waals surface area contributed by atoms with E-state index in [1.165, 1.54) is 19.3 Å². The quantitative estimate of drug-likeness (QED) is 0.704. The highest BCUT2D eigenvalue weighted by molar-refractivity contribution is 7.85. The van der Waals surface area contributed by atoms with Gasteiger partial charge in [-0.05, 0) is 37.0 Å². The van der Waals surface area contributed by atoms with Crippen molar-refractivity contribution < 1.29 is 22.1 Å². The molecule has 3 aliphatic rings. The third kappa shape index (κ3) is 4.18. The highest BCUT2D eigenvalue weighted by Gasteiger charge is 2.47. The first-order valence-corrected chi connectivity index (χ1v) is 9.85. The zero-order valence-electron chi connectivity index (χ0n) is 12.8. The van der Waals surface area contributed by atoms with Crippen molar-refractivity contribution in [3.05, 3.63) is 0 Å². The van der Waals surface area contributed by atoms with Crippen LogP contribution in [0.1, 0.15) is 51.4 Å². The molecule has 0 unspecified atom stereocenters. The Hall–Kier alpha value is -0.170. The molecule has 0 aromatic carbocycles. The Labute approximate surface area is 127 Å². The molecule has 1 spiro atoms. The van der Waals surface area contributed by atoms with E-state index in [4.69, 9.17) is 13.7 Å². The first kappa shape index (κ1) is 15.7. The minimum Gasteiger partial charge on any atom is -0.348 e. The van der Waals surface area contributed by atoms with Crippen LogP contribution in [0, 0.1) is 11.3 Å². The van der Waals surface area contributed by atoms with Crippen molar-refractivity contribution in [2.45, 2.75) is 57.2 Å². The lowest BCUT2D eigenvalue weighted by molar-refractivity contribution is -0.193. The van der Waals surface area contributed by atoms with Crippen molar-refractivity contribution in [3.63, 3.8) is 0 Å². The minimum atomic E-state index is -3.34. The molecule has 0 aromatic rings. The van der Waals surface area contributed by atoms with Crippen LogP contribution in [0.5, 0.6) is 0 Å². The lowest BCUT2D eigenvalue weighted by Crippen LogP contribution is -2.40. The Balaban J connectivity index is 1.58. The van der Waals surface area contributed by atoms with Crippen molar-refractivity contribution in [1.29, 1.82) is 0 Å². The van der Waals surface area contributed by atoms with Gasteiger partial charge in [-0.2, -0.15) is 8.42 Å². The molecule has 2 aliphatic carbocycles. The van der Waals surface area contributed by atoms with Crippen LogP contribution in [0.25, 0.3) is 0 Å². The third-order valence-corrected chi connectivity index (χ3v) is 5.83. The van der Waals surface area contributed by atoms with Crippen LogP contribution < -0.4 is 0 Å². The average Bonchev–Trinajstić information content (AvgIpc) is 3.10. The van der Waals surface area contributed by atoms with Gasteiger partial charge in [-0.3, -0.25) is 4.18 Å². The van der Waals surface area contributed by atoms with Gasteiger partial charge >= 0.3 is 0 Å². The number of hydrogen-bond donors (Lipinski definition) is 0. The molecule has 0 aromatic heterocycles. The Morgan fingerprint density at radius 3 is 2.24 bits per heavy atom. The molecule has 2 saturated carbocycles. The second-order valence-corrected chi connectivity index (χ2v) is 8.68. The Kier molecular flexibility index (Phi) is 4.34. The number of hydrogen-bond acceptors (Lipinski definition) is 5.